The third-order valence-electron chi connectivity index (χ3n) is 5.06. The molecule has 1 saturated heterocycles. The van der Waals surface area contributed by atoms with Crippen LogP contribution in [0, 0.1) is 11.6 Å². The minimum atomic E-state index is -3.29. The van der Waals surface area contributed by atoms with E-state index >= 15 is 0 Å². The topological polar surface area (TPSA) is 63.7 Å². The van der Waals surface area contributed by atoms with Gasteiger partial charge in [-0.1, -0.05) is 24.6 Å². The molecule has 0 radical (unpaired) electrons. The van der Waals surface area contributed by atoms with Crippen LogP contribution in [0.4, 0.5) is 8.78 Å². The maximum absolute atomic E-state index is 14.4. The first-order chi connectivity index (χ1) is 14.2. The van der Waals surface area contributed by atoms with E-state index in [1.807, 2.05) is 0 Å². The van der Waals surface area contributed by atoms with Crippen molar-refractivity contribution in [3.8, 4) is 5.75 Å². The molecule has 0 saturated carbocycles. The first-order valence-corrected chi connectivity index (χ1v) is 11.8. The van der Waals surface area contributed by atoms with Crippen LogP contribution < -0.4 is 4.74 Å². The summed E-state index contributed by atoms with van der Waals surface area (Å²) in [5.41, 5.74) is 0.119. The van der Waals surface area contributed by atoms with Gasteiger partial charge in [0.05, 0.1) is 18.1 Å². The molecule has 0 bridgehead atoms. The predicted molar refractivity (Wildman–Crippen MR) is 110 cm³/mol. The fraction of sp³-hybridized carbons (Fsp3) is 0.381. The van der Waals surface area contributed by atoms with Gasteiger partial charge in [-0.2, -0.15) is 0 Å². The normalized spacial score (nSPS) is 18.7. The van der Waals surface area contributed by atoms with E-state index in [9.17, 15) is 22.0 Å². The van der Waals surface area contributed by atoms with Gasteiger partial charge in [-0.3, -0.25) is 4.79 Å². The number of sulfone groups is 1. The Balaban J connectivity index is 1.89. The Kier molecular flexibility index (Phi) is 6.98. The van der Waals surface area contributed by atoms with Crippen LogP contribution in [0.25, 0.3) is 0 Å². The van der Waals surface area contributed by atoms with Gasteiger partial charge >= 0.3 is 0 Å². The van der Waals surface area contributed by atoms with Gasteiger partial charge in [0.25, 0.3) is 5.91 Å². The molecule has 3 rings (SSSR count). The zero-order valence-corrected chi connectivity index (χ0v) is 17.9. The maximum Gasteiger partial charge on any atom is 0.264 e. The van der Waals surface area contributed by atoms with Crippen molar-refractivity contribution in [1.29, 1.82) is 0 Å². The molecular weight excluding hydrogens is 436 g/mol. The van der Waals surface area contributed by atoms with Gasteiger partial charge in [0.2, 0.25) is 0 Å². The number of carbonyl (C=O) groups is 1. The minimum Gasteiger partial charge on any atom is -0.481 e. The Morgan fingerprint density at radius 3 is 2.50 bits per heavy atom. The fourth-order valence-corrected chi connectivity index (χ4v) is 5.39. The van der Waals surface area contributed by atoms with E-state index in [1.54, 1.807) is 6.92 Å². The van der Waals surface area contributed by atoms with Crippen molar-refractivity contribution >= 4 is 27.3 Å². The zero-order chi connectivity index (χ0) is 21.9. The number of rotatable bonds is 7. The van der Waals surface area contributed by atoms with Crippen molar-refractivity contribution in [2.75, 3.05) is 11.5 Å². The molecule has 162 valence electrons. The number of hydrogen-bond acceptors (Lipinski definition) is 4. The van der Waals surface area contributed by atoms with Crippen LogP contribution in [0.2, 0.25) is 5.02 Å². The lowest BCUT2D eigenvalue weighted by atomic mass is 10.1. The van der Waals surface area contributed by atoms with E-state index in [0.29, 0.717) is 5.75 Å². The van der Waals surface area contributed by atoms with Crippen molar-refractivity contribution in [3.63, 3.8) is 0 Å². The largest absolute Gasteiger partial charge is 0.481 e. The van der Waals surface area contributed by atoms with Crippen LogP contribution in [0.3, 0.4) is 0 Å². The van der Waals surface area contributed by atoms with Crippen molar-refractivity contribution in [3.05, 3.63) is 64.7 Å². The molecule has 2 aromatic carbocycles. The highest BCUT2D eigenvalue weighted by molar-refractivity contribution is 7.91. The highest BCUT2D eigenvalue weighted by Gasteiger charge is 2.38. The molecule has 1 aliphatic rings. The van der Waals surface area contributed by atoms with E-state index in [4.69, 9.17) is 16.3 Å². The fourth-order valence-electron chi connectivity index (χ4n) is 3.43. The van der Waals surface area contributed by atoms with Crippen molar-refractivity contribution in [2.45, 2.75) is 38.5 Å². The van der Waals surface area contributed by atoms with Gasteiger partial charge in [0, 0.05) is 16.6 Å². The monoisotopic (exact) mass is 457 g/mol. The molecule has 0 aliphatic carbocycles. The second kappa shape index (κ2) is 9.31. The Labute approximate surface area is 179 Å². The summed E-state index contributed by atoms with van der Waals surface area (Å²) in [5.74, 6) is -1.41. The smallest absolute Gasteiger partial charge is 0.264 e. The van der Waals surface area contributed by atoms with Crippen LogP contribution >= 0.6 is 11.6 Å². The molecule has 2 aromatic rings. The van der Waals surface area contributed by atoms with Gasteiger partial charge < -0.3 is 9.64 Å². The molecule has 0 spiro atoms. The molecule has 0 unspecified atom stereocenters. The number of benzene rings is 2. The first-order valence-electron chi connectivity index (χ1n) is 9.56. The summed E-state index contributed by atoms with van der Waals surface area (Å²) in [4.78, 5) is 14.7. The number of nitrogens with zero attached hydrogens (tertiary/aromatic N) is 1. The number of halogens is 3. The highest BCUT2D eigenvalue weighted by Crippen LogP contribution is 2.27. The third-order valence-corrected chi connectivity index (χ3v) is 7.17. The minimum absolute atomic E-state index is 0.0396. The quantitative estimate of drug-likeness (QED) is 0.630. The lowest BCUT2D eigenvalue weighted by Crippen LogP contribution is -2.47. The van der Waals surface area contributed by atoms with Crippen LogP contribution in [-0.4, -0.2) is 42.9 Å². The molecule has 30 heavy (non-hydrogen) atoms. The molecule has 2 atom stereocenters. The van der Waals surface area contributed by atoms with E-state index in [-0.39, 0.29) is 41.5 Å². The second-order valence-corrected chi connectivity index (χ2v) is 9.83. The first kappa shape index (κ1) is 22.5. The van der Waals surface area contributed by atoms with E-state index in [1.165, 1.54) is 47.4 Å². The summed E-state index contributed by atoms with van der Waals surface area (Å²) in [6, 6.07) is 8.85. The molecule has 1 fully saturated rings. The number of carbonyl (C=O) groups excluding carboxylic acids is 1. The van der Waals surface area contributed by atoms with E-state index in [2.05, 4.69) is 0 Å². The molecule has 9 heteroatoms. The number of hydrogen-bond donors (Lipinski definition) is 0. The Morgan fingerprint density at radius 1 is 1.23 bits per heavy atom. The van der Waals surface area contributed by atoms with Crippen molar-refractivity contribution in [2.24, 2.45) is 0 Å². The van der Waals surface area contributed by atoms with Gasteiger partial charge in [-0.15, -0.1) is 0 Å². The second-order valence-electron chi connectivity index (χ2n) is 7.19. The summed E-state index contributed by atoms with van der Waals surface area (Å²) in [6.45, 7) is 1.57. The lowest BCUT2D eigenvalue weighted by molar-refractivity contribution is -0.141. The number of amides is 1. The standard InChI is InChI=1S/C21H22ClF2NO4S/c1-2-20(29-16-8-6-14(23)7-9-16)21(26)25(15-10-11-30(27,28)13-15)12-17-18(22)4-3-5-19(17)24/h3-9,15,20H,2,10-13H2,1H3/t15-,20-/m1/s1. The predicted octanol–water partition coefficient (Wildman–Crippen LogP) is 3.99. The summed E-state index contributed by atoms with van der Waals surface area (Å²) < 4.78 is 57.3. The summed E-state index contributed by atoms with van der Waals surface area (Å²) in [6.07, 6.45) is -0.395. The third kappa shape index (κ3) is 5.29. The molecule has 5 nitrogen and oxygen atoms in total. The van der Waals surface area contributed by atoms with Gasteiger partial charge in [-0.25, -0.2) is 17.2 Å². The number of ether oxygens (including phenoxy) is 1. The van der Waals surface area contributed by atoms with Gasteiger partial charge in [0.1, 0.15) is 17.4 Å². The molecule has 1 aliphatic heterocycles. The molecule has 0 N–H and O–H groups in total. The van der Waals surface area contributed by atoms with Crippen LogP contribution in [-0.2, 0) is 21.2 Å². The van der Waals surface area contributed by atoms with Crippen LogP contribution in [0.1, 0.15) is 25.3 Å². The Hall–Kier alpha value is -2.19. The van der Waals surface area contributed by atoms with Crippen molar-refractivity contribution < 1.29 is 26.7 Å². The average molecular weight is 458 g/mol. The summed E-state index contributed by atoms with van der Waals surface area (Å²) >= 11 is 6.14. The van der Waals surface area contributed by atoms with Crippen LogP contribution in [0.5, 0.6) is 5.75 Å². The highest BCUT2D eigenvalue weighted by atomic mass is 35.5. The van der Waals surface area contributed by atoms with Crippen LogP contribution in [0.15, 0.2) is 42.5 Å². The molecular formula is C21H22ClF2NO4S. The average Bonchev–Trinajstić information content (AvgIpc) is 3.06. The summed E-state index contributed by atoms with van der Waals surface area (Å²) in [5, 5.41) is 0.154. The molecule has 0 aromatic heterocycles. The maximum atomic E-state index is 14.4. The Morgan fingerprint density at radius 2 is 1.93 bits per heavy atom. The summed E-state index contributed by atoms with van der Waals surface area (Å²) in [7, 11) is -3.29. The van der Waals surface area contributed by atoms with E-state index < -0.39 is 39.5 Å². The zero-order valence-electron chi connectivity index (χ0n) is 16.4. The SMILES string of the molecule is CC[C@@H](Oc1ccc(F)cc1)C(=O)N(Cc1c(F)cccc1Cl)[C@@H]1CCS(=O)(=O)C1. The molecule has 1 amide bonds. The van der Waals surface area contributed by atoms with Gasteiger partial charge in [0.15, 0.2) is 15.9 Å². The van der Waals surface area contributed by atoms with Gasteiger partial charge in [-0.05, 0) is 49.2 Å². The Bertz CT molecular complexity index is 994. The molecule has 1 heterocycles. The lowest BCUT2D eigenvalue weighted by Gasteiger charge is -2.32. The van der Waals surface area contributed by atoms with E-state index in [0.717, 1.165) is 0 Å². The van der Waals surface area contributed by atoms with Crippen molar-refractivity contribution in [1.82, 2.24) is 4.90 Å².